The zero-order valence-corrected chi connectivity index (χ0v) is 12.4. The second-order valence-corrected chi connectivity index (χ2v) is 5.36. The number of carbonyl (C=O) groups excluding carboxylic acids is 2. The van der Waals surface area contributed by atoms with Crippen molar-refractivity contribution in [2.24, 2.45) is 5.92 Å². The van der Waals surface area contributed by atoms with E-state index in [2.05, 4.69) is 4.74 Å². The fraction of sp³-hybridized carbons (Fsp3) is 0.438. The second-order valence-electron chi connectivity index (χ2n) is 5.36. The summed E-state index contributed by atoms with van der Waals surface area (Å²) in [5.41, 5.74) is 0.479. The number of likely N-dealkylation sites (tertiary alicyclic amines) is 1. The summed E-state index contributed by atoms with van der Waals surface area (Å²) >= 11 is 0. The number of amides is 1. The van der Waals surface area contributed by atoms with Crippen LogP contribution in [0, 0.1) is 17.2 Å². The summed E-state index contributed by atoms with van der Waals surface area (Å²) in [5.74, 6) is -0.425. The number of esters is 1. The normalized spacial score (nSPS) is 15.2. The molecule has 6 heteroatoms. The smallest absolute Gasteiger partial charge is 0.305 e. The van der Waals surface area contributed by atoms with E-state index in [1.54, 1.807) is 4.90 Å². The van der Waals surface area contributed by atoms with Gasteiger partial charge in [-0.3, -0.25) is 9.59 Å². The first-order valence-corrected chi connectivity index (χ1v) is 7.14. The number of benzene rings is 1. The standard InChI is InChI=1S/C16H18N2O4/c1-22-15(20)9-11-4-6-18(7-5-11)16(21)13-8-12(10-17)2-3-14(13)19/h2-3,8,11,19H,4-7,9H2,1H3. The molecule has 0 bridgehead atoms. The van der Waals surface area contributed by atoms with Gasteiger partial charge >= 0.3 is 5.97 Å². The van der Waals surface area contributed by atoms with E-state index in [0.717, 1.165) is 12.8 Å². The number of hydrogen-bond donors (Lipinski definition) is 1. The lowest BCUT2D eigenvalue weighted by Crippen LogP contribution is -2.39. The monoisotopic (exact) mass is 302 g/mol. The Morgan fingerprint density at radius 1 is 1.41 bits per heavy atom. The molecule has 1 saturated heterocycles. The van der Waals surface area contributed by atoms with Crippen LogP contribution in [0.2, 0.25) is 0 Å². The first kappa shape index (κ1) is 15.8. The highest BCUT2D eigenvalue weighted by molar-refractivity contribution is 5.97. The van der Waals surface area contributed by atoms with Crippen molar-refractivity contribution in [2.45, 2.75) is 19.3 Å². The molecule has 116 valence electrons. The van der Waals surface area contributed by atoms with Crippen LogP contribution >= 0.6 is 0 Å². The van der Waals surface area contributed by atoms with Crippen LogP contribution in [-0.4, -0.2) is 42.1 Å². The third-order valence-electron chi connectivity index (χ3n) is 3.94. The molecule has 1 aliphatic heterocycles. The Balaban J connectivity index is 2.01. The number of ether oxygens (including phenoxy) is 1. The van der Waals surface area contributed by atoms with E-state index in [0.29, 0.717) is 25.1 Å². The summed E-state index contributed by atoms with van der Waals surface area (Å²) in [7, 11) is 1.37. The molecule has 1 aromatic rings. The number of rotatable bonds is 3. The maximum Gasteiger partial charge on any atom is 0.305 e. The Kier molecular flexibility index (Phi) is 4.99. The van der Waals surface area contributed by atoms with E-state index in [1.807, 2.05) is 6.07 Å². The average molecular weight is 302 g/mol. The van der Waals surface area contributed by atoms with Crippen molar-refractivity contribution in [2.75, 3.05) is 20.2 Å². The quantitative estimate of drug-likeness (QED) is 0.858. The molecule has 0 spiro atoms. The number of methoxy groups -OCH3 is 1. The predicted octanol–water partition coefficient (Wildman–Crippen LogP) is 1.68. The highest BCUT2D eigenvalue weighted by Crippen LogP contribution is 2.25. The molecule has 1 amide bonds. The van der Waals surface area contributed by atoms with E-state index in [-0.39, 0.29) is 29.1 Å². The summed E-state index contributed by atoms with van der Waals surface area (Å²) in [6.45, 7) is 1.05. The molecule has 1 fully saturated rings. The van der Waals surface area contributed by atoms with E-state index >= 15 is 0 Å². The van der Waals surface area contributed by atoms with Gasteiger partial charge in [-0.1, -0.05) is 0 Å². The van der Waals surface area contributed by atoms with E-state index in [1.165, 1.54) is 25.3 Å². The molecule has 1 N–H and O–H groups in total. The molecule has 0 radical (unpaired) electrons. The Hall–Kier alpha value is -2.55. The van der Waals surface area contributed by atoms with E-state index < -0.39 is 0 Å². The van der Waals surface area contributed by atoms with Crippen molar-refractivity contribution in [3.8, 4) is 11.8 Å². The SMILES string of the molecule is COC(=O)CC1CCN(C(=O)c2cc(C#N)ccc2O)CC1. The number of hydrogen-bond acceptors (Lipinski definition) is 5. The summed E-state index contributed by atoms with van der Waals surface area (Å²) in [6, 6.07) is 6.18. The van der Waals surface area contributed by atoms with E-state index in [9.17, 15) is 14.7 Å². The fourth-order valence-electron chi connectivity index (χ4n) is 2.61. The summed E-state index contributed by atoms with van der Waals surface area (Å²) in [4.78, 5) is 25.3. The topological polar surface area (TPSA) is 90.6 Å². The first-order chi connectivity index (χ1) is 10.5. The van der Waals surface area contributed by atoms with Gasteiger partial charge in [0.25, 0.3) is 5.91 Å². The molecule has 0 aromatic heterocycles. The highest BCUT2D eigenvalue weighted by atomic mass is 16.5. The Bertz CT molecular complexity index is 613. The molecule has 1 aromatic carbocycles. The van der Waals surface area contributed by atoms with Crippen LogP contribution in [0.15, 0.2) is 18.2 Å². The van der Waals surface area contributed by atoms with Gasteiger partial charge in [0, 0.05) is 19.5 Å². The lowest BCUT2D eigenvalue weighted by atomic mass is 9.93. The first-order valence-electron chi connectivity index (χ1n) is 7.14. The van der Waals surface area contributed by atoms with Gasteiger partial charge in [0.2, 0.25) is 0 Å². The summed E-state index contributed by atoms with van der Waals surface area (Å²) in [5, 5.41) is 18.7. The summed E-state index contributed by atoms with van der Waals surface area (Å²) in [6.07, 6.45) is 1.81. The molecule has 1 heterocycles. The molecular weight excluding hydrogens is 284 g/mol. The number of carbonyl (C=O) groups is 2. The van der Waals surface area contributed by atoms with Crippen molar-refractivity contribution >= 4 is 11.9 Å². The van der Waals surface area contributed by atoms with Crippen LogP contribution < -0.4 is 0 Å². The average Bonchev–Trinajstić information content (AvgIpc) is 2.55. The van der Waals surface area contributed by atoms with Gasteiger partial charge in [-0.15, -0.1) is 0 Å². The zero-order chi connectivity index (χ0) is 16.1. The van der Waals surface area contributed by atoms with Crippen LogP contribution in [0.3, 0.4) is 0 Å². The van der Waals surface area contributed by atoms with Crippen molar-refractivity contribution in [1.82, 2.24) is 4.90 Å². The fourth-order valence-corrected chi connectivity index (χ4v) is 2.61. The number of phenolic OH excluding ortho intramolecular Hbond substituents is 1. The van der Waals surface area contributed by atoms with Gasteiger partial charge in [-0.2, -0.15) is 5.26 Å². The second kappa shape index (κ2) is 6.94. The van der Waals surface area contributed by atoms with Crippen LogP contribution in [0.1, 0.15) is 35.2 Å². The van der Waals surface area contributed by atoms with Crippen molar-refractivity contribution in [1.29, 1.82) is 5.26 Å². The minimum Gasteiger partial charge on any atom is -0.507 e. The Labute approximate surface area is 128 Å². The molecule has 0 atom stereocenters. The third kappa shape index (κ3) is 3.55. The van der Waals surface area contributed by atoms with Gasteiger partial charge in [0.1, 0.15) is 5.75 Å². The van der Waals surface area contributed by atoms with Crippen LogP contribution in [-0.2, 0) is 9.53 Å². The Morgan fingerprint density at radius 2 is 2.09 bits per heavy atom. The molecule has 2 rings (SSSR count). The number of piperidine rings is 1. The van der Waals surface area contributed by atoms with Gasteiger partial charge in [-0.05, 0) is 37.0 Å². The Morgan fingerprint density at radius 3 is 2.68 bits per heavy atom. The highest BCUT2D eigenvalue weighted by Gasteiger charge is 2.26. The van der Waals surface area contributed by atoms with Gasteiger partial charge in [0.15, 0.2) is 0 Å². The minimum absolute atomic E-state index is 0.124. The van der Waals surface area contributed by atoms with Gasteiger partial charge in [-0.25, -0.2) is 0 Å². The number of nitriles is 1. The number of phenols is 1. The minimum atomic E-state index is -0.286. The van der Waals surface area contributed by atoms with Crippen molar-refractivity contribution in [3.63, 3.8) is 0 Å². The van der Waals surface area contributed by atoms with E-state index in [4.69, 9.17) is 5.26 Å². The number of nitrogens with zero attached hydrogens (tertiary/aromatic N) is 2. The maximum absolute atomic E-state index is 12.4. The largest absolute Gasteiger partial charge is 0.507 e. The summed E-state index contributed by atoms with van der Waals surface area (Å²) < 4.78 is 4.65. The predicted molar refractivity (Wildman–Crippen MR) is 78.1 cm³/mol. The molecule has 0 unspecified atom stereocenters. The lowest BCUT2D eigenvalue weighted by molar-refractivity contribution is -0.142. The lowest BCUT2D eigenvalue weighted by Gasteiger charge is -2.31. The molecule has 22 heavy (non-hydrogen) atoms. The molecule has 6 nitrogen and oxygen atoms in total. The maximum atomic E-state index is 12.4. The van der Waals surface area contributed by atoms with Gasteiger partial charge < -0.3 is 14.7 Å². The number of aromatic hydroxyl groups is 1. The molecule has 0 saturated carbocycles. The molecule has 0 aliphatic carbocycles. The molecular formula is C16H18N2O4. The van der Waals surface area contributed by atoms with Crippen molar-refractivity contribution in [3.05, 3.63) is 29.3 Å². The van der Waals surface area contributed by atoms with Crippen LogP contribution in [0.5, 0.6) is 5.75 Å². The van der Waals surface area contributed by atoms with Crippen LogP contribution in [0.25, 0.3) is 0 Å². The van der Waals surface area contributed by atoms with Crippen molar-refractivity contribution < 1.29 is 19.4 Å². The van der Waals surface area contributed by atoms with Crippen LogP contribution in [0.4, 0.5) is 0 Å². The van der Waals surface area contributed by atoms with Gasteiger partial charge in [0.05, 0.1) is 24.3 Å². The third-order valence-corrected chi connectivity index (χ3v) is 3.94. The zero-order valence-electron chi connectivity index (χ0n) is 12.4. The molecule has 1 aliphatic rings.